The summed E-state index contributed by atoms with van der Waals surface area (Å²) in [7, 11) is 1.48. The fourth-order valence-electron chi connectivity index (χ4n) is 1.41. The number of nitrogens with one attached hydrogen (secondary N) is 3. The Labute approximate surface area is 128 Å². The Morgan fingerprint density at radius 1 is 1.50 bits per heavy atom. The Morgan fingerprint density at radius 2 is 2.18 bits per heavy atom. The van der Waals surface area contributed by atoms with E-state index in [2.05, 4.69) is 15.8 Å². The number of nitrogens with two attached hydrogens (primary N) is 1. The molecule has 0 aliphatic rings. The lowest BCUT2D eigenvalue weighted by atomic mass is 10.2. The molecule has 116 valence electrons. The van der Waals surface area contributed by atoms with E-state index in [1.807, 2.05) is 0 Å². The van der Waals surface area contributed by atoms with Gasteiger partial charge in [-0.05, 0) is 12.1 Å². The lowest BCUT2D eigenvalue weighted by Gasteiger charge is -2.13. The van der Waals surface area contributed by atoms with E-state index < -0.39 is 5.84 Å². The minimum Gasteiger partial charge on any atom is -0.494 e. The van der Waals surface area contributed by atoms with Gasteiger partial charge in [0.05, 0.1) is 18.5 Å². The number of benzene rings is 1. The summed E-state index contributed by atoms with van der Waals surface area (Å²) in [5.41, 5.74) is 8.63. The summed E-state index contributed by atoms with van der Waals surface area (Å²) in [5, 5.41) is 22.4. The van der Waals surface area contributed by atoms with Crippen LogP contribution in [0.15, 0.2) is 23.3 Å². The van der Waals surface area contributed by atoms with Gasteiger partial charge in [0.1, 0.15) is 11.8 Å². The lowest BCUT2D eigenvalue weighted by Crippen LogP contribution is -2.21. The highest BCUT2D eigenvalue weighted by molar-refractivity contribution is 6.45. The van der Waals surface area contributed by atoms with E-state index in [4.69, 9.17) is 21.1 Å². The van der Waals surface area contributed by atoms with Crippen LogP contribution in [0.2, 0.25) is 0 Å². The van der Waals surface area contributed by atoms with Gasteiger partial charge in [-0.3, -0.25) is 15.6 Å². The molecule has 0 saturated carbocycles. The number of carbonyl (C=O) groups excluding carboxylic acids is 1. The Kier molecular flexibility index (Phi) is 5.89. The molecule has 0 aliphatic carbocycles. The monoisotopic (exact) mass is 302 g/mol. The molecule has 0 radical (unpaired) electrons. The van der Waals surface area contributed by atoms with Gasteiger partial charge in [-0.1, -0.05) is 13.8 Å². The zero-order valence-corrected chi connectivity index (χ0v) is 12.6. The number of amides is 1. The van der Waals surface area contributed by atoms with Crippen molar-refractivity contribution in [2.45, 2.75) is 13.8 Å². The molecule has 0 fully saturated rings. The average molecular weight is 302 g/mol. The summed E-state index contributed by atoms with van der Waals surface area (Å²) in [6, 6.07) is 6.61. The molecule has 1 amide bonds. The summed E-state index contributed by atoms with van der Waals surface area (Å²) < 4.78 is 5.21. The second-order valence-corrected chi connectivity index (χ2v) is 4.66. The zero-order valence-electron chi connectivity index (χ0n) is 12.6. The third-order valence-corrected chi connectivity index (χ3v) is 2.64. The maximum Gasteiger partial charge on any atom is 0.227 e. The number of hydrazone groups is 1. The molecule has 0 atom stereocenters. The van der Waals surface area contributed by atoms with E-state index in [1.165, 1.54) is 7.11 Å². The van der Waals surface area contributed by atoms with Crippen molar-refractivity contribution in [1.29, 1.82) is 10.7 Å². The molecule has 5 N–H and O–H groups in total. The molecule has 0 heterocycles. The number of rotatable bonds is 6. The van der Waals surface area contributed by atoms with Crippen LogP contribution >= 0.6 is 0 Å². The highest BCUT2D eigenvalue weighted by Crippen LogP contribution is 2.28. The van der Waals surface area contributed by atoms with E-state index in [9.17, 15) is 4.79 Å². The van der Waals surface area contributed by atoms with Gasteiger partial charge in [-0.2, -0.15) is 10.4 Å². The normalized spacial score (nSPS) is 10.8. The van der Waals surface area contributed by atoms with Crippen molar-refractivity contribution in [3.63, 3.8) is 0 Å². The van der Waals surface area contributed by atoms with Gasteiger partial charge in [0.15, 0.2) is 5.84 Å². The number of carbonyl (C=O) groups is 1. The first kappa shape index (κ1) is 17.0. The number of methoxy groups -OCH3 is 1. The largest absolute Gasteiger partial charge is 0.494 e. The maximum absolute atomic E-state index is 11.7. The molecule has 1 aromatic carbocycles. The van der Waals surface area contributed by atoms with E-state index >= 15 is 0 Å². The topological polar surface area (TPSA) is 136 Å². The molecule has 1 rings (SSSR count). The van der Waals surface area contributed by atoms with Crippen LogP contribution in [-0.4, -0.2) is 24.6 Å². The van der Waals surface area contributed by atoms with Crippen LogP contribution in [0.1, 0.15) is 13.8 Å². The van der Waals surface area contributed by atoms with Gasteiger partial charge in [0, 0.05) is 12.0 Å². The van der Waals surface area contributed by atoms with Gasteiger partial charge < -0.3 is 15.8 Å². The smallest absolute Gasteiger partial charge is 0.227 e. The molecule has 8 heteroatoms. The van der Waals surface area contributed by atoms with Crippen molar-refractivity contribution in [3.8, 4) is 11.8 Å². The first-order valence-corrected chi connectivity index (χ1v) is 6.46. The molecule has 0 aromatic heterocycles. The molecule has 0 unspecified atom stereocenters. The van der Waals surface area contributed by atoms with Gasteiger partial charge in [-0.15, -0.1) is 0 Å². The molecular formula is C14H18N6O2. The van der Waals surface area contributed by atoms with Crippen LogP contribution < -0.4 is 21.2 Å². The average Bonchev–Trinajstić information content (AvgIpc) is 2.48. The third kappa shape index (κ3) is 4.49. The zero-order chi connectivity index (χ0) is 16.7. The second-order valence-electron chi connectivity index (χ2n) is 4.66. The molecule has 0 aliphatic heterocycles. The Balaban J connectivity index is 2.96. The number of nitriles is 1. The van der Waals surface area contributed by atoms with Crippen LogP contribution in [0.4, 0.5) is 11.4 Å². The van der Waals surface area contributed by atoms with Crippen molar-refractivity contribution in [1.82, 2.24) is 0 Å². The van der Waals surface area contributed by atoms with E-state index in [1.54, 1.807) is 38.1 Å². The molecule has 0 saturated heterocycles. The SMILES string of the molecule is COc1cc(N/N=C(\C#N)C(=N)N)ccc1NC(=O)C(C)C. The number of hydrogen-bond donors (Lipinski definition) is 4. The molecular weight excluding hydrogens is 284 g/mol. The predicted octanol–water partition coefficient (Wildman–Crippen LogP) is 1.52. The summed E-state index contributed by atoms with van der Waals surface area (Å²) in [6.07, 6.45) is 0. The maximum atomic E-state index is 11.7. The highest BCUT2D eigenvalue weighted by Gasteiger charge is 2.11. The van der Waals surface area contributed by atoms with Crippen molar-refractivity contribution < 1.29 is 9.53 Å². The summed E-state index contributed by atoms with van der Waals surface area (Å²) in [5.74, 6) is -0.264. The number of anilines is 2. The van der Waals surface area contributed by atoms with Crippen LogP contribution in [-0.2, 0) is 4.79 Å². The number of amidine groups is 1. The standard InChI is InChI=1S/C14H18N6O2/c1-8(2)14(21)18-10-5-4-9(6-12(10)22-3)19-20-11(7-15)13(16)17/h4-6,8,19H,1-3H3,(H3,16,17)(H,18,21)/b20-11+. The number of nitrogens with zero attached hydrogens (tertiary/aromatic N) is 2. The van der Waals surface area contributed by atoms with Crippen molar-refractivity contribution in [2.75, 3.05) is 17.9 Å². The van der Waals surface area contributed by atoms with Crippen LogP contribution in [0.5, 0.6) is 5.75 Å². The van der Waals surface area contributed by atoms with E-state index in [0.29, 0.717) is 17.1 Å². The predicted molar refractivity (Wildman–Crippen MR) is 85.0 cm³/mol. The van der Waals surface area contributed by atoms with Crippen LogP contribution in [0.3, 0.4) is 0 Å². The third-order valence-electron chi connectivity index (χ3n) is 2.64. The minimum atomic E-state index is -0.428. The van der Waals surface area contributed by atoms with Crippen molar-refractivity contribution in [2.24, 2.45) is 16.8 Å². The molecule has 22 heavy (non-hydrogen) atoms. The van der Waals surface area contributed by atoms with E-state index in [-0.39, 0.29) is 17.5 Å². The number of hydrogen-bond acceptors (Lipinski definition) is 6. The first-order valence-electron chi connectivity index (χ1n) is 6.46. The summed E-state index contributed by atoms with van der Waals surface area (Å²) in [4.78, 5) is 11.7. The van der Waals surface area contributed by atoms with Crippen LogP contribution in [0.25, 0.3) is 0 Å². The second kappa shape index (κ2) is 7.64. The quantitative estimate of drug-likeness (QED) is 0.359. The van der Waals surface area contributed by atoms with Crippen molar-refractivity contribution in [3.05, 3.63) is 18.2 Å². The summed E-state index contributed by atoms with van der Waals surface area (Å²) >= 11 is 0. The van der Waals surface area contributed by atoms with Gasteiger partial charge in [-0.25, -0.2) is 0 Å². The minimum absolute atomic E-state index is 0.125. The van der Waals surface area contributed by atoms with Crippen LogP contribution in [0, 0.1) is 22.7 Å². The van der Waals surface area contributed by atoms with Gasteiger partial charge in [0.2, 0.25) is 11.6 Å². The fourth-order valence-corrected chi connectivity index (χ4v) is 1.41. The highest BCUT2D eigenvalue weighted by atomic mass is 16.5. The first-order chi connectivity index (χ1) is 10.4. The molecule has 0 bridgehead atoms. The summed E-state index contributed by atoms with van der Waals surface area (Å²) in [6.45, 7) is 3.58. The van der Waals surface area contributed by atoms with Crippen molar-refractivity contribution >= 4 is 28.8 Å². The van der Waals surface area contributed by atoms with Gasteiger partial charge >= 0.3 is 0 Å². The number of ether oxygens (including phenoxy) is 1. The fraction of sp³-hybridized carbons (Fsp3) is 0.286. The molecule has 1 aromatic rings. The Bertz CT molecular complexity index is 645. The Hall–Kier alpha value is -3.08. The molecule has 8 nitrogen and oxygen atoms in total. The Morgan fingerprint density at radius 3 is 2.68 bits per heavy atom. The lowest BCUT2D eigenvalue weighted by molar-refractivity contribution is -0.118. The van der Waals surface area contributed by atoms with E-state index in [0.717, 1.165) is 0 Å². The molecule has 0 spiro atoms. The van der Waals surface area contributed by atoms with Gasteiger partial charge in [0.25, 0.3) is 0 Å².